The molecule has 0 spiro atoms. The Bertz CT molecular complexity index is 214. The molecule has 0 saturated carbocycles. The van der Waals surface area contributed by atoms with Crippen LogP contribution in [0.2, 0.25) is 0 Å². The number of allylic oxidation sites excluding steroid dienone is 1. The van der Waals surface area contributed by atoms with E-state index in [4.69, 9.17) is 5.11 Å². The molecule has 0 fully saturated rings. The second-order valence-corrected chi connectivity index (χ2v) is 3.06. The van der Waals surface area contributed by atoms with E-state index in [2.05, 4.69) is 25.6 Å². The van der Waals surface area contributed by atoms with Crippen LogP contribution in [0.25, 0.3) is 0 Å². The fourth-order valence-corrected chi connectivity index (χ4v) is 0.939. The summed E-state index contributed by atoms with van der Waals surface area (Å²) in [5.41, 5.74) is 1.33. The lowest BCUT2D eigenvalue weighted by Crippen LogP contribution is -1.75. The van der Waals surface area contributed by atoms with Crippen LogP contribution >= 0.6 is 0 Å². The summed E-state index contributed by atoms with van der Waals surface area (Å²) in [5.74, 6) is 0. The quantitative estimate of drug-likeness (QED) is 0.726. The van der Waals surface area contributed by atoms with Gasteiger partial charge in [-0.15, -0.1) is 6.58 Å². The van der Waals surface area contributed by atoms with Gasteiger partial charge >= 0.3 is 0 Å². The molecule has 0 atom stereocenters. The minimum atomic E-state index is 0.344. The first-order chi connectivity index (χ1) is 6.85. The Morgan fingerprint density at radius 3 is 2.29 bits per heavy atom. The number of aliphatic hydroxyl groups is 1. The summed E-state index contributed by atoms with van der Waals surface area (Å²) in [6.45, 7) is 6.05. The van der Waals surface area contributed by atoms with Crippen LogP contribution in [0.1, 0.15) is 25.3 Å². The largest absolute Gasteiger partial charge is 0.396 e. The topological polar surface area (TPSA) is 20.2 Å². The summed E-state index contributed by atoms with van der Waals surface area (Å²) in [6, 6.07) is 10.3. The fourth-order valence-electron chi connectivity index (χ4n) is 0.939. The zero-order chi connectivity index (χ0) is 10.6. The van der Waals surface area contributed by atoms with E-state index in [0.717, 1.165) is 19.3 Å². The number of hydrogen-bond acceptors (Lipinski definition) is 1. The predicted molar refractivity (Wildman–Crippen MR) is 62.3 cm³/mol. The summed E-state index contributed by atoms with van der Waals surface area (Å²) in [4.78, 5) is 0. The second-order valence-electron chi connectivity index (χ2n) is 3.06. The van der Waals surface area contributed by atoms with Gasteiger partial charge < -0.3 is 5.11 Å². The average Bonchev–Trinajstić information content (AvgIpc) is 2.22. The van der Waals surface area contributed by atoms with E-state index in [1.807, 2.05) is 24.3 Å². The smallest absolute Gasteiger partial charge is 0.0430 e. The van der Waals surface area contributed by atoms with Crippen LogP contribution < -0.4 is 0 Å². The van der Waals surface area contributed by atoms with Crippen LogP contribution in [-0.2, 0) is 6.42 Å². The SMILES string of the molecule is C=CCc1ccccc1.CCCCO. The third kappa shape index (κ3) is 7.56. The summed E-state index contributed by atoms with van der Waals surface area (Å²) >= 11 is 0. The molecule has 1 aromatic carbocycles. The van der Waals surface area contributed by atoms with Gasteiger partial charge in [-0.2, -0.15) is 0 Å². The summed E-state index contributed by atoms with van der Waals surface area (Å²) in [7, 11) is 0. The molecule has 0 amide bonds. The highest BCUT2D eigenvalue weighted by molar-refractivity contribution is 5.16. The maximum Gasteiger partial charge on any atom is 0.0430 e. The molecule has 0 heterocycles. The van der Waals surface area contributed by atoms with Gasteiger partial charge in [-0.25, -0.2) is 0 Å². The van der Waals surface area contributed by atoms with Crippen molar-refractivity contribution in [3.8, 4) is 0 Å². The number of aliphatic hydroxyl groups excluding tert-OH is 1. The molecule has 1 nitrogen and oxygen atoms in total. The van der Waals surface area contributed by atoms with Gasteiger partial charge in [0, 0.05) is 6.61 Å². The van der Waals surface area contributed by atoms with Crippen molar-refractivity contribution in [1.82, 2.24) is 0 Å². The number of benzene rings is 1. The first kappa shape index (κ1) is 12.9. The minimum Gasteiger partial charge on any atom is -0.396 e. The van der Waals surface area contributed by atoms with Gasteiger partial charge in [0.1, 0.15) is 0 Å². The van der Waals surface area contributed by atoms with E-state index < -0.39 is 0 Å². The van der Waals surface area contributed by atoms with Gasteiger partial charge in [0.15, 0.2) is 0 Å². The summed E-state index contributed by atoms with van der Waals surface area (Å²) < 4.78 is 0. The maximum absolute atomic E-state index is 8.07. The van der Waals surface area contributed by atoms with Crippen LogP contribution in [0, 0.1) is 0 Å². The zero-order valence-electron chi connectivity index (χ0n) is 8.95. The predicted octanol–water partition coefficient (Wildman–Crippen LogP) is 3.19. The van der Waals surface area contributed by atoms with Crippen molar-refractivity contribution in [3.63, 3.8) is 0 Å². The van der Waals surface area contributed by atoms with Gasteiger partial charge in [0.05, 0.1) is 0 Å². The van der Waals surface area contributed by atoms with Crippen LogP contribution in [0.3, 0.4) is 0 Å². The molecule has 0 aliphatic carbocycles. The molecule has 1 rings (SSSR count). The van der Waals surface area contributed by atoms with Crippen LogP contribution in [0.5, 0.6) is 0 Å². The summed E-state index contributed by atoms with van der Waals surface area (Å²) in [5, 5.41) is 8.07. The van der Waals surface area contributed by atoms with E-state index in [9.17, 15) is 0 Å². The van der Waals surface area contributed by atoms with E-state index in [1.165, 1.54) is 5.56 Å². The van der Waals surface area contributed by atoms with Gasteiger partial charge in [-0.3, -0.25) is 0 Å². The molecule has 0 radical (unpaired) electrons. The van der Waals surface area contributed by atoms with E-state index in [0.29, 0.717) is 6.61 Å². The van der Waals surface area contributed by atoms with Crippen molar-refractivity contribution >= 4 is 0 Å². The van der Waals surface area contributed by atoms with Crippen molar-refractivity contribution in [2.45, 2.75) is 26.2 Å². The lowest BCUT2D eigenvalue weighted by atomic mass is 10.2. The van der Waals surface area contributed by atoms with E-state index in [-0.39, 0.29) is 0 Å². The van der Waals surface area contributed by atoms with Gasteiger partial charge in [-0.1, -0.05) is 49.8 Å². The number of rotatable bonds is 4. The third-order valence-corrected chi connectivity index (χ3v) is 1.73. The van der Waals surface area contributed by atoms with Crippen molar-refractivity contribution in [2.75, 3.05) is 6.61 Å². The number of hydrogen-bond donors (Lipinski definition) is 1. The maximum atomic E-state index is 8.07. The van der Waals surface area contributed by atoms with E-state index >= 15 is 0 Å². The molecule has 0 aromatic heterocycles. The fraction of sp³-hybridized carbons (Fsp3) is 0.385. The summed E-state index contributed by atoms with van der Waals surface area (Å²) in [6.07, 6.45) is 4.92. The highest BCUT2D eigenvalue weighted by Gasteiger charge is 1.82. The van der Waals surface area contributed by atoms with Crippen molar-refractivity contribution in [3.05, 3.63) is 48.6 Å². The van der Waals surface area contributed by atoms with Crippen molar-refractivity contribution in [1.29, 1.82) is 0 Å². The second kappa shape index (κ2) is 10.0. The molecular formula is C13H20O. The first-order valence-electron chi connectivity index (χ1n) is 5.10. The lowest BCUT2D eigenvalue weighted by molar-refractivity contribution is 0.287. The molecule has 14 heavy (non-hydrogen) atoms. The molecule has 78 valence electrons. The molecule has 1 heteroatoms. The monoisotopic (exact) mass is 192 g/mol. The van der Waals surface area contributed by atoms with Crippen LogP contribution in [-0.4, -0.2) is 11.7 Å². The first-order valence-corrected chi connectivity index (χ1v) is 5.10. The molecule has 0 bridgehead atoms. The van der Waals surface area contributed by atoms with Gasteiger partial charge in [0.25, 0.3) is 0 Å². The van der Waals surface area contributed by atoms with Crippen LogP contribution in [0.4, 0.5) is 0 Å². The molecule has 1 aromatic rings. The minimum absolute atomic E-state index is 0.344. The standard InChI is InChI=1S/C9H10.C4H10O/c1-2-6-9-7-4-3-5-8-9;1-2-3-4-5/h2-5,7-8H,1,6H2;5H,2-4H2,1H3. The molecular weight excluding hydrogens is 172 g/mol. The highest BCUT2D eigenvalue weighted by Crippen LogP contribution is 1.98. The van der Waals surface area contributed by atoms with Gasteiger partial charge in [-0.05, 0) is 18.4 Å². The Labute approximate surface area is 87.1 Å². The van der Waals surface area contributed by atoms with Crippen LogP contribution in [0.15, 0.2) is 43.0 Å². The molecule has 0 aliphatic rings. The Morgan fingerprint density at radius 2 is 1.93 bits per heavy atom. The molecule has 1 N–H and O–H groups in total. The van der Waals surface area contributed by atoms with E-state index in [1.54, 1.807) is 0 Å². The van der Waals surface area contributed by atoms with Crippen molar-refractivity contribution < 1.29 is 5.11 Å². The van der Waals surface area contributed by atoms with Gasteiger partial charge in [0.2, 0.25) is 0 Å². The highest BCUT2D eigenvalue weighted by atomic mass is 16.2. The zero-order valence-corrected chi connectivity index (χ0v) is 8.95. The third-order valence-electron chi connectivity index (χ3n) is 1.73. The molecule has 0 unspecified atom stereocenters. The average molecular weight is 192 g/mol. The molecule has 0 aliphatic heterocycles. The Hall–Kier alpha value is -1.08. The number of unbranched alkanes of at least 4 members (excludes halogenated alkanes) is 1. The Balaban J connectivity index is 0.000000292. The lowest BCUT2D eigenvalue weighted by Gasteiger charge is -1.91. The Morgan fingerprint density at radius 1 is 1.29 bits per heavy atom. The van der Waals surface area contributed by atoms with Crippen molar-refractivity contribution in [2.24, 2.45) is 0 Å². The molecule has 0 saturated heterocycles. The normalized spacial score (nSPS) is 8.71. The Kier molecular flexibility index (Phi) is 9.23.